The summed E-state index contributed by atoms with van der Waals surface area (Å²) >= 11 is 0. The molecule has 0 aliphatic carbocycles. The van der Waals surface area contributed by atoms with Crippen molar-refractivity contribution < 1.29 is 9.47 Å². The molecule has 4 aromatic rings. The second-order valence-electron chi connectivity index (χ2n) is 6.30. The van der Waals surface area contributed by atoms with Crippen LogP contribution in [-0.2, 0) is 0 Å². The number of aromatic amines is 1. The van der Waals surface area contributed by atoms with Crippen molar-refractivity contribution in [2.75, 3.05) is 14.2 Å². The monoisotopic (exact) mass is 389 g/mol. The fourth-order valence-electron chi connectivity index (χ4n) is 3.21. The summed E-state index contributed by atoms with van der Waals surface area (Å²) in [5, 5.41) is 3.90. The van der Waals surface area contributed by atoms with Crippen LogP contribution in [0.15, 0.2) is 83.7 Å². The Morgan fingerprint density at radius 1 is 0.750 bits per heavy atom. The third-order valence-electron chi connectivity index (χ3n) is 4.64. The molecule has 3 aromatic carbocycles. The molecule has 0 radical (unpaired) electrons. The van der Waals surface area contributed by atoms with Gasteiger partial charge in [0, 0.05) is 13.3 Å². The normalized spacial score (nSPS) is 11.0. The maximum Gasteiger partial charge on any atom is 0.256 e. The third-order valence-corrected chi connectivity index (χ3v) is 6.99. The Hall–Kier alpha value is -3.10. The highest BCUT2D eigenvalue weighted by molar-refractivity contribution is 7.79. The number of pyridine rings is 1. The average Bonchev–Trinajstić information content (AvgIpc) is 2.75. The minimum atomic E-state index is -0.937. The maximum absolute atomic E-state index is 12.7. The quantitative estimate of drug-likeness (QED) is 0.533. The molecule has 1 heterocycles. The van der Waals surface area contributed by atoms with E-state index in [2.05, 4.69) is 35.3 Å². The van der Waals surface area contributed by atoms with Crippen LogP contribution in [0.4, 0.5) is 0 Å². The van der Waals surface area contributed by atoms with Gasteiger partial charge in [-0.3, -0.25) is 4.79 Å². The summed E-state index contributed by atoms with van der Waals surface area (Å²) in [7, 11) is 2.37. The molecule has 0 aliphatic rings. The molecule has 4 nitrogen and oxygen atoms in total. The van der Waals surface area contributed by atoms with Gasteiger partial charge in [0.25, 0.3) is 5.56 Å². The molecule has 0 saturated heterocycles. The molecule has 0 fully saturated rings. The van der Waals surface area contributed by atoms with Gasteiger partial charge in [0.15, 0.2) is 0 Å². The van der Waals surface area contributed by atoms with Gasteiger partial charge in [0.1, 0.15) is 11.5 Å². The Balaban J connectivity index is 1.90. The largest absolute Gasteiger partial charge is 0.497 e. The van der Waals surface area contributed by atoms with Crippen LogP contribution in [0, 0.1) is 0 Å². The molecular weight excluding hydrogens is 369 g/mol. The lowest BCUT2D eigenvalue weighted by atomic mass is 10.2. The zero-order valence-corrected chi connectivity index (χ0v) is 16.6. The number of methoxy groups -OCH3 is 2. The van der Waals surface area contributed by atoms with E-state index in [1.54, 1.807) is 14.2 Å². The molecule has 140 valence electrons. The topological polar surface area (TPSA) is 51.3 Å². The van der Waals surface area contributed by atoms with E-state index in [0.717, 1.165) is 32.9 Å². The minimum Gasteiger partial charge on any atom is -0.497 e. The molecule has 28 heavy (non-hydrogen) atoms. The lowest BCUT2D eigenvalue weighted by Crippen LogP contribution is -2.27. The van der Waals surface area contributed by atoms with Crippen molar-refractivity contribution >= 4 is 34.7 Å². The number of fused-ring (bicyclic) bond motifs is 1. The van der Waals surface area contributed by atoms with Gasteiger partial charge in [-0.25, -0.2) is 0 Å². The predicted molar refractivity (Wildman–Crippen MR) is 116 cm³/mol. The lowest BCUT2D eigenvalue weighted by molar-refractivity contribution is 0.415. The van der Waals surface area contributed by atoms with Gasteiger partial charge in [-0.15, -0.1) is 0 Å². The van der Waals surface area contributed by atoms with Crippen LogP contribution in [0.25, 0.3) is 10.8 Å². The molecular formula is C23H20NO3P. The van der Waals surface area contributed by atoms with Gasteiger partial charge in [-0.05, 0) is 52.4 Å². The first-order valence-electron chi connectivity index (χ1n) is 8.90. The number of nitrogens with one attached hydrogen (secondary N) is 1. The van der Waals surface area contributed by atoms with Gasteiger partial charge in [0.2, 0.25) is 0 Å². The molecule has 0 saturated carbocycles. The van der Waals surface area contributed by atoms with Crippen molar-refractivity contribution in [2.45, 2.75) is 0 Å². The Labute approximate surface area is 164 Å². The average molecular weight is 389 g/mol. The maximum atomic E-state index is 12.7. The number of benzene rings is 3. The van der Waals surface area contributed by atoms with Crippen LogP contribution >= 0.6 is 7.92 Å². The van der Waals surface area contributed by atoms with E-state index < -0.39 is 7.92 Å². The zero-order chi connectivity index (χ0) is 19.5. The van der Waals surface area contributed by atoms with Crippen molar-refractivity contribution in [3.63, 3.8) is 0 Å². The summed E-state index contributed by atoms with van der Waals surface area (Å²) in [6.45, 7) is 0. The Morgan fingerprint density at radius 3 is 1.82 bits per heavy atom. The molecule has 0 atom stereocenters. The Morgan fingerprint density at radius 2 is 1.29 bits per heavy atom. The first-order valence-corrected chi connectivity index (χ1v) is 10.2. The second kappa shape index (κ2) is 7.87. The van der Waals surface area contributed by atoms with E-state index in [4.69, 9.17) is 9.47 Å². The van der Waals surface area contributed by atoms with E-state index >= 15 is 0 Å². The van der Waals surface area contributed by atoms with Crippen molar-refractivity contribution in [3.8, 4) is 11.5 Å². The van der Waals surface area contributed by atoms with Crippen molar-refractivity contribution in [1.82, 2.24) is 4.98 Å². The lowest BCUT2D eigenvalue weighted by Gasteiger charge is -2.20. The number of hydrogen-bond acceptors (Lipinski definition) is 3. The van der Waals surface area contributed by atoms with Crippen LogP contribution in [0.3, 0.4) is 0 Å². The molecule has 0 unspecified atom stereocenters. The number of H-pyrrole nitrogens is 1. The first kappa shape index (κ1) is 18.3. The summed E-state index contributed by atoms with van der Waals surface area (Å²) in [6.07, 6.45) is 0. The van der Waals surface area contributed by atoms with Gasteiger partial charge in [-0.2, -0.15) is 0 Å². The summed E-state index contributed by atoms with van der Waals surface area (Å²) < 4.78 is 10.6. The fourth-order valence-corrected chi connectivity index (χ4v) is 5.44. The van der Waals surface area contributed by atoms with E-state index in [0.29, 0.717) is 5.39 Å². The molecule has 1 aromatic heterocycles. The molecule has 0 aliphatic heterocycles. The summed E-state index contributed by atoms with van der Waals surface area (Å²) in [5.74, 6) is 1.61. The number of aromatic nitrogens is 1. The Bertz CT molecular complexity index is 1100. The zero-order valence-electron chi connectivity index (χ0n) is 15.7. The minimum absolute atomic E-state index is 0.0670. The molecule has 5 heteroatoms. The number of hydrogen-bond donors (Lipinski definition) is 1. The van der Waals surface area contributed by atoms with E-state index in [1.807, 2.05) is 48.5 Å². The van der Waals surface area contributed by atoms with Crippen LogP contribution in [0.5, 0.6) is 11.5 Å². The van der Waals surface area contributed by atoms with Crippen LogP contribution in [0.2, 0.25) is 0 Å². The molecule has 1 N–H and O–H groups in total. The second-order valence-corrected chi connectivity index (χ2v) is 8.49. The van der Waals surface area contributed by atoms with E-state index in [9.17, 15) is 4.79 Å². The highest BCUT2D eigenvalue weighted by Crippen LogP contribution is 2.33. The van der Waals surface area contributed by atoms with Crippen molar-refractivity contribution in [1.29, 1.82) is 0 Å². The molecule has 0 amide bonds. The number of ether oxygens (including phenoxy) is 2. The van der Waals surface area contributed by atoms with Crippen LogP contribution in [-0.4, -0.2) is 19.2 Å². The van der Waals surface area contributed by atoms with E-state index in [-0.39, 0.29) is 5.56 Å². The van der Waals surface area contributed by atoms with Crippen molar-refractivity contribution in [2.24, 2.45) is 0 Å². The third kappa shape index (κ3) is 3.51. The highest BCUT2D eigenvalue weighted by Gasteiger charge is 2.19. The van der Waals surface area contributed by atoms with Crippen LogP contribution in [0.1, 0.15) is 0 Å². The summed E-state index contributed by atoms with van der Waals surface area (Å²) in [6, 6.07) is 25.8. The summed E-state index contributed by atoms with van der Waals surface area (Å²) in [5.41, 5.74) is 0.844. The first-order chi connectivity index (χ1) is 13.7. The van der Waals surface area contributed by atoms with Crippen molar-refractivity contribution in [3.05, 3.63) is 89.2 Å². The van der Waals surface area contributed by atoms with Gasteiger partial charge >= 0.3 is 0 Å². The standard InChI is InChI=1S/C23H20NO3P/c1-26-17-7-11-19(12-8-17)28(20-13-9-18(27-2)10-14-20)22-15-16-5-3-4-6-21(16)23(25)24-22/h3-15H,1-2H3,(H,24,25). The molecule has 0 spiro atoms. The summed E-state index contributed by atoms with van der Waals surface area (Å²) in [4.78, 5) is 15.8. The molecule has 0 bridgehead atoms. The Kier molecular flexibility index (Phi) is 5.14. The molecule has 4 rings (SSSR count). The smallest absolute Gasteiger partial charge is 0.256 e. The van der Waals surface area contributed by atoms with Gasteiger partial charge < -0.3 is 14.5 Å². The highest BCUT2D eigenvalue weighted by atomic mass is 31.1. The van der Waals surface area contributed by atoms with E-state index in [1.165, 1.54) is 0 Å². The van der Waals surface area contributed by atoms with Gasteiger partial charge in [-0.1, -0.05) is 42.5 Å². The fraction of sp³-hybridized carbons (Fsp3) is 0.0870. The van der Waals surface area contributed by atoms with Crippen LogP contribution < -0.4 is 31.1 Å². The predicted octanol–water partition coefficient (Wildman–Crippen LogP) is 3.30. The SMILES string of the molecule is COc1ccc(P(c2ccc(OC)cc2)c2cc3ccccc3c(=O)[nH]2)cc1. The van der Waals surface area contributed by atoms with Gasteiger partial charge in [0.05, 0.1) is 19.7 Å². The number of rotatable bonds is 5.